The van der Waals surface area contributed by atoms with Crippen molar-refractivity contribution in [3.05, 3.63) is 46.4 Å². The van der Waals surface area contributed by atoms with Gasteiger partial charge in [-0.1, -0.05) is 6.07 Å². The third-order valence-corrected chi connectivity index (χ3v) is 8.26. The molecule has 1 atom stereocenters. The molecule has 0 aliphatic carbocycles. The summed E-state index contributed by atoms with van der Waals surface area (Å²) in [6.07, 6.45) is 2.10. The van der Waals surface area contributed by atoms with Crippen molar-refractivity contribution < 1.29 is 13.2 Å². The molecule has 1 fully saturated rings. The zero-order valence-corrected chi connectivity index (χ0v) is 19.3. The zero-order chi connectivity index (χ0) is 22.3. The van der Waals surface area contributed by atoms with Crippen molar-refractivity contribution in [2.24, 2.45) is 0 Å². The topological polar surface area (TPSA) is 95.5 Å². The van der Waals surface area contributed by atoms with Gasteiger partial charge in [-0.25, -0.2) is 18.4 Å². The van der Waals surface area contributed by atoms with E-state index in [1.807, 2.05) is 27.0 Å². The first-order valence-corrected chi connectivity index (χ1v) is 12.1. The highest BCUT2D eigenvalue weighted by Crippen LogP contribution is 2.37. The fourth-order valence-electron chi connectivity index (χ4n) is 4.37. The van der Waals surface area contributed by atoms with E-state index < -0.39 is 16.1 Å². The fraction of sp³-hybridized carbons (Fsp3) is 0.500. The van der Waals surface area contributed by atoms with Crippen LogP contribution in [0.5, 0.6) is 0 Å². The Balaban J connectivity index is 1.72. The molecule has 9 heteroatoms. The highest BCUT2D eigenvalue weighted by molar-refractivity contribution is 7.89. The van der Waals surface area contributed by atoms with Gasteiger partial charge in [0, 0.05) is 32.6 Å². The third-order valence-electron chi connectivity index (χ3n) is 6.35. The molecule has 1 aromatic heterocycles. The highest BCUT2D eigenvalue weighted by Gasteiger charge is 2.39. The summed E-state index contributed by atoms with van der Waals surface area (Å²) in [5.41, 5.74) is 3.81. The van der Waals surface area contributed by atoms with Crippen LogP contribution in [-0.4, -0.2) is 53.6 Å². The van der Waals surface area contributed by atoms with Crippen LogP contribution in [0.15, 0.2) is 23.1 Å². The molecule has 2 aliphatic heterocycles. The molecule has 4 rings (SSSR count). The second kappa shape index (κ2) is 8.20. The Morgan fingerprint density at radius 3 is 2.61 bits per heavy atom. The number of carbonyl (C=O) groups excluding carboxylic acids is 1. The Hall–Kier alpha value is -2.52. The molecule has 8 nitrogen and oxygen atoms in total. The normalized spacial score (nSPS) is 19.4. The maximum absolute atomic E-state index is 13.5. The molecule has 3 heterocycles. The van der Waals surface area contributed by atoms with E-state index in [0.717, 1.165) is 34.6 Å². The van der Waals surface area contributed by atoms with Gasteiger partial charge in [0.1, 0.15) is 11.6 Å². The minimum Gasteiger partial charge on any atom is -0.373 e. The van der Waals surface area contributed by atoms with Crippen LogP contribution in [0.2, 0.25) is 0 Å². The zero-order valence-electron chi connectivity index (χ0n) is 18.5. The third kappa shape index (κ3) is 3.92. The van der Waals surface area contributed by atoms with Crippen LogP contribution in [0.4, 0.5) is 5.82 Å². The molecule has 2 aromatic rings. The van der Waals surface area contributed by atoms with E-state index in [9.17, 15) is 13.2 Å². The number of fused-ring (bicyclic) bond motifs is 1. The van der Waals surface area contributed by atoms with Crippen molar-refractivity contribution in [2.45, 2.75) is 57.5 Å². The second-order valence-corrected chi connectivity index (χ2v) is 10.2. The number of amides is 1. The number of carbonyl (C=O) groups is 1. The van der Waals surface area contributed by atoms with Crippen LogP contribution in [-0.2, 0) is 27.8 Å². The smallest absolute Gasteiger partial charge is 0.243 e. The van der Waals surface area contributed by atoms with E-state index in [2.05, 4.69) is 5.32 Å². The standard InChI is InChI=1S/C22H29N5O3S/c1-14-7-8-17(12-15(14)2)31(29,30)27-10-5-6-20(27)22-24-19-13-26(16(3)28)11-9-18(19)21(23-4)25-22/h7-8,12,20H,5-6,9-11,13H2,1-4H3,(H,23,24,25)/t20-/m1/s1. The summed E-state index contributed by atoms with van der Waals surface area (Å²) in [5.74, 6) is 1.23. The van der Waals surface area contributed by atoms with E-state index in [-0.39, 0.29) is 5.91 Å². The lowest BCUT2D eigenvalue weighted by molar-refractivity contribution is -0.129. The lowest BCUT2D eigenvalue weighted by Gasteiger charge is -2.30. The van der Waals surface area contributed by atoms with Gasteiger partial charge in [-0.15, -0.1) is 0 Å². The van der Waals surface area contributed by atoms with Gasteiger partial charge in [-0.3, -0.25) is 4.79 Å². The maximum Gasteiger partial charge on any atom is 0.243 e. The summed E-state index contributed by atoms with van der Waals surface area (Å²) in [6.45, 7) is 6.94. The Morgan fingerprint density at radius 1 is 1.16 bits per heavy atom. The molecule has 0 spiro atoms. The molecule has 0 saturated carbocycles. The van der Waals surface area contributed by atoms with Gasteiger partial charge in [-0.05, 0) is 56.4 Å². The van der Waals surface area contributed by atoms with Gasteiger partial charge in [-0.2, -0.15) is 4.31 Å². The molecule has 0 unspecified atom stereocenters. The molecule has 2 aliphatic rings. The molecule has 1 saturated heterocycles. The Labute approximate surface area is 183 Å². The fourth-order valence-corrected chi connectivity index (χ4v) is 6.11. The number of nitrogens with zero attached hydrogens (tertiary/aromatic N) is 4. The van der Waals surface area contributed by atoms with Crippen LogP contribution < -0.4 is 5.32 Å². The van der Waals surface area contributed by atoms with Gasteiger partial charge in [0.25, 0.3) is 0 Å². The number of aromatic nitrogens is 2. The average molecular weight is 444 g/mol. The molecule has 1 amide bonds. The minimum atomic E-state index is -3.67. The number of rotatable bonds is 4. The number of aryl methyl sites for hydroxylation is 2. The first-order chi connectivity index (χ1) is 14.7. The van der Waals surface area contributed by atoms with Gasteiger partial charge < -0.3 is 10.2 Å². The summed E-state index contributed by atoms with van der Waals surface area (Å²) in [6, 6.07) is 4.83. The largest absolute Gasteiger partial charge is 0.373 e. The van der Waals surface area contributed by atoms with Gasteiger partial charge in [0.15, 0.2) is 0 Å². The molecule has 0 bridgehead atoms. The first kappa shape index (κ1) is 21.7. The van der Waals surface area contributed by atoms with Crippen LogP contribution in [0.25, 0.3) is 0 Å². The number of anilines is 1. The molecular weight excluding hydrogens is 414 g/mol. The number of sulfonamides is 1. The summed E-state index contributed by atoms with van der Waals surface area (Å²) in [7, 11) is -1.86. The van der Waals surface area contributed by atoms with Crippen molar-refractivity contribution in [3.8, 4) is 0 Å². The summed E-state index contributed by atoms with van der Waals surface area (Å²) in [4.78, 5) is 23.4. The van der Waals surface area contributed by atoms with E-state index in [1.54, 1.807) is 24.0 Å². The number of benzene rings is 1. The monoisotopic (exact) mass is 443 g/mol. The summed E-state index contributed by atoms with van der Waals surface area (Å²) in [5, 5.41) is 3.14. The summed E-state index contributed by atoms with van der Waals surface area (Å²) < 4.78 is 28.5. The van der Waals surface area contributed by atoms with Crippen LogP contribution in [0, 0.1) is 13.8 Å². The van der Waals surface area contributed by atoms with Crippen LogP contribution in [0.1, 0.15) is 54.0 Å². The number of hydrogen-bond acceptors (Lipinski definition) is 6. The lowest BCUT2D eigenvalue weighted by Crippen LogP contribution is -2.36. The molecule has 1 aromatic carbocycles. The van der Waals surface area contributed by atoms with Crippen molar-refractivity contribution >= 4 is 21.7 Å². The SMILES string of the molecule is CNc1nc([C@H]2CCCN2S(=O)(=O)c2ccc(C)c(C)c2)nc2c1CCN(C(C)=O)C2. The van der Waals surface area contributed by atoms with Crippen molar-refractivity contribution in [1.82, 2.24) is 19.2 Å². The number of nitrogens with one attached hydrogen (secondary N) is 1. The minimum absolute atomic E-state index is 0.0108. The van der Waals surface area contributed by atoms with E-state index in [0.29, 0.717) is 43.2 Å². The summed E-state index contributed by atoms with van der Waals surface area (Å²) >= 11 is 0. The van der Waals surface area contributed by atoms with Crippen molar-refractivity contribution in [3.63, 3.8) is 0 Å². The molecule has 166 valence electrons. The molecule has 0 radical (unpaired) electrons. The van der Waals surface area contributed by atoms with E-state index in [1.165, 1.54) is 4.31 Å². The molecular formula is C22H29N5O3S. The lowest BCUT2D eigenvalue weighted by atomic mass is 10.0. The molecule has 1 N–H and O–H groups in total. The Kier molecular flexibility index (Phi) is 5.74. The number of hydrogen-bond donors (Lipinski definition) is 1. The predicted octanol–water partition coefficient (Wildman–Crippen LogP) is 2.57. The maximum atomic E-state index is 13.5. The highest BCUT2D eigenvalue weighted by atomic mass is 32.2. The predicted molar refractivity (Wildman–Crippen MR) is 118 cm³/mol. The quantitative estimate of drug-likeness (QED) is 0.780. The Morgan fingerprint density at radius 2 is 1.94 bits per heavy atom. The Bertz CT molecular complexity index is 1130. The van der Waals surface area contributed by atoms with Crippen LogP contribution in [0.3, 0.4) is 0 Å². The average Bonchev–Trinajstić information content (AvgIpc) is 3.25. The van der Waals surface area contributed by atoms with Crippen molar-refractivity contribution in [1.29, 1.82) is 0 Å². The van der Waals surface area contributed by atoms with Gasteiger partial charge in [0.2, 0.25) is 15.9 Å². The van der Waals surface area contributed by atoms with Gasteiger partial charge in [0.05, 0.1) is 23.2 Å². The molecule has 31 heavy (non-hydrogen) atoms. The van der Waals surface area contributed by atoms with Gasteiger partial charge >= 0.3 is 0 Å². The van der Waals surface area contributed by atoms with E-state index >= 15 is 0 Å². The van der Waals surface area contributed by atoms with Crippen LogP contribution >= 0.6 is 0 Å². The second-order valence-electron chi connectivity index (χ2n) is 8.32. The van der Waals surface area contributed by atoms with Crippen molar-refractivity contribution in [2.75, 3.05) is 25.5 Å². The van der Waals surface area contributed by atoms with E-state index in [4.69, 9.17) is 9.97 Å². The first-order valence-electron chi connectivity index (χ1n) is 10.6.